The lowest BCUT2D eigenvalue weighted by Crippen LogP contribution is -2.41. The van der Waals surface area contributed by atoms with Crippen LogP contribution >= 0.6 is 0 Å². The summed E-state index contributed by atoms with van der Waals surface area (Å²) in [5.41, 5.74) is 0.651. The van der Waals surface area contributed by atoms with Crippen LogP contribution < -0.4 is 5.32 Å². The summed E-state index contributed by atoms with van der Waals surface area (Å²) in [5.74, 6) is -1.06. The number of hydrogen-bond donors (Lipinski definition) is 1. The fourth-order valence-corrected chi connectivity index (χ4v) is 2.68. The molecule has 1 saturated heterocycles. The number of amides is 2. The van der Waals surface area contributed by atoms with Crippen molar-refractivity contribution < 1.29 is 23.9 Å². The summed E-state index contributed by atoms with van der Waals surface area (Å²) in [7, 11) is 0. The Morgan fingerprint density at radius 1 is 1.32 bits per heavy atom. The first-order valence-electron chi connectivity index (χ1n) is 8.44. The summed E-state index contributed by atoms with van der Waals surface area (Å²) < 4.78 is 10.5. The van der Waals surface area contributed by atoms with E-state index in [9.17, 15) is 14.4 Å². The first kappa shape index (κ1) is 18.9. The van der Waals surface area contributed by atoms with E-state index in [1.54, 1.807) is 31.2 Å². The van der Waals surface area contributed by atoms with Gasteiger partial charge in [-0.15, -0.1) is 0 Å². The van der Waals surface area contributed by atoms with Crippen LogP contribution in [0.1, 0.15) is 37.0 Å². The number of ether oxygens (including phenoxy) is 2. The van der Waals surface area contributed by atoms with Crippen molar-refractivity contribution in [2.75, 3.05) is 31.6 Å². The Kier molecular flexibility index (Phi) is 6.94. The van der Waals surface area contributed by atoms with Gasteiger partial charge in [-0.2, -0.15) is 0 Å². The van der Waals surface area contributed by atoms with Gasteiger partial charge in [-0.3, -0.25) is 9.59 Å². The van der Waals surface area contributed by atoms with Crippen molar-refractivity contribution in [2.45, 2.75) is 32.8 Å². The summed E-state index contributed by atoms with van der Waals surface area (Å²) >= 11 is 0. The highest BCUT2D eigenvalue weighted by Gasteiger charge is 2.23. The largest absolute Gasteiger partial charge is 0.462 e. The second-order valence-electron chi connectivity index (χ2n) is 5.85. The fourth-order valence-electron chi connectivity index (χ4n) is 2.68. The van der Waals surface area contributed by atoms with Crippen LogP contribution in [0, 0.1) is 0 Å². The van der Waals surface area contributed by atoms with Crippen LogP contribution in [0.4, 0.5) is 5.69 Å². The minimum atomic E-state index is -0.499. The minimum absolute atomic E-state index is 0.0245. The molecule has 25 heavy (non-hydrogen) atoms. The molecule has 1 heterocycles. The van der Waals surface area contributed by atoms with Crippen LogP contribution in [-0.2, 0) is 19.1 Å². The number of nitrogens with zero attached hydrogens (tertiary/aromatic N) is 1. The van der Waals surface area contributed by atoms with E-state index >= 15 is 0 Å². The SMILES string of the molecule is CCOC(=O)c1ccccc1NC(=O)CN(CC1CCCO1)C(C)=O. The molecule has 1 aliphatic rings. The van der Waals surface area contributed by atoms with Crippen LogP contribution in [0.25, 0.3) is 0 Å². The van der Waals surface area contributed by atoms with Crippen molar-refractivity contribution in [1.29, 1.82) is 0 Å². The van der Waals surface area contributed by atoms with Gasteiger partial charge in [-0.1, -0.05) is 12.1 Å². The molecule has 1 aromatic rings. The van der Waals surface area contributed by atoms with Gasteiger partial charge in [0, 0.05) is 20.1 Å². The van der Waals surface area contributed by atoms with E-state index in [1.165, 1.54) is 11.8 Å². The predicted octanol–water partition coefficient (Wildman–Crippen LogP) is 1.83. The highest BCUT2D eigenvalue weighted by atomic mass is 16.5. The van der Waals surface area contributed by atoms with Crippen molar-refractivity contribution in [1.82, 2.24) is 4.90 Å². The monoisotopic (exact) mass is 348 g/mol. The Balaban J connectivity index is 2.00. The third kappa shape index (κ3) is 5.56. The molecule has 1 aliphatic heterocycles. The number of esters is 1. The molecule has 0 saturated carbocycles. The highest BCUT2D eigenvalue weighted by molar-refractivity contribution is 6.02. The zero-order valence-corrected chi connectivity index (χ0v) is 14.6. The molecule has 0 spiro atoms. The van der Waals surface area contributed by atoms with Gasteiger partial charge in [0.1, 0.15) is 0 Å². The number of para-hydroxylation sites is 1. The van der Waals surface area contributed by atoms with Crippen LogP contribution in [0.15, 0.2) is 24.3 Å². The summed E-state index contributed by atoms with van der Waals surface area (Å²) in [6.07, 6.45) is 1.83. The van der Waals surface area contributed by atoms with E-state index in [0.717, 1.165) is 12.8 Å². The van der Waals surface area contributed by atoms with E-state index in [0.29, 0.717) is 18.8 Å². The maximum absolute atomic E-state index is 12.3. The minimum Gasteiger partial charge on any atom is -0.462 e. The molecule has 136 valence electrons. The maximum Gasteiger partial charge on any atom is 0.340 e. The van der Waals surface area contributed by atoms with Crippen LogP contribution in [-0.4, -0.2) is 55.1 Å². The number of benzene rings is 1. The molecular formula is C18H24N2O5. The van der Waals surface area contributed by atoms with Crippen LogP contribution in [0.3, 0.4) is 0 Å². The Hall–Kier alpha value is -2.41. The number of hydrogen-bond acceptors (Lipinski definition) is 5. The zero-order valence-electron chi connectivity index (χ0n) is 14.6. The summed E-state index contributed by atoms with van der Waals surface area (Å²) in [6, 6.07) is 6.62. The van der Waals surface area contributed by atoms with Gasteiger partial charge in [-0.05, 0) is 31.9 Å². The number of nitrogens with one attached hydrogen (secondary N) is 1. The molecule has 0 aromatic heterocycles. The van der Waals surface area contributed by atoms with Gasteiger partial charge in [-0.25, -0.2) is 4.79 Å². The number of rotatable bonds is 7. The second kappa shape index (κ2) is 9.17. The normalized spacial score (nSPS) is 16.3. The van der Waals surface area contributed by atoms with Crippen molar-refractivity contribution in [3.63, 3.8) is 0 Å². The summed E-state index contributed by atoms with van der Waals surface area (Å²) in [6.45, 7) is 4.38. The molecule has 1 atom stereocenters. The fraction of sp³-hybridized carbons (Fsp3) is 0.500. The Bertz CT molecular complexity index is 626. The van der Waals surface area contributed by atoms with E-state index in [2.05, 4.69) is 5.32 Å². The molecule has 0 aliphatic carbocycles. The lowest BCUT2D eigenvalue weighted by atomic mass is 10.1. The molecule has 1 fully saturated rings. The first-order chi connectivity index (χ1) is 12.0. The van der Waals surface area contributed by atoms with Gasteiger partial charge in [0.05, 0.1) is 30.5 Å². The number of carbonyl (C=O) groups excluding carboxylic acids is 3. The quantitative estimate of drug-likeness (QED) is 0.760. The molecule has 2 rings (SSSR count). The molecule has 0 radical (unpaired) electrons. The van der Waals surface area contributed by atoms with E-state index < -0.39 is 5.97 Å². The molecular weight excluding hydrogens is 324 g/mol. The predicted molar refractivity (Wildman–Crippen MR) is 92.3 cm³/mol. The number of anilines is 1. The second-order valence-corrected chi connectivity index (χ2v) is 5.85. The Labute approximate surface area is 147 Å². The van der Waals surface area contributed by atoms with Gasteiger partial charge in [0.25, 0.3) is 0 Å². The smallest absolute Gasteiger partial charge is 0.340 e. The standard InChI is InChI=1S/C18H24N2O5/c1-3-24-18(23)15-8-4-5-9-16(15)19-17(22)12-20(13(2)21)11-14-7-6-10-25-14/h4-5,8-9,14H,3,6-7,10-12H2,1-2H3,(H,19,22). The third-order valence-electron chi connectivity index (χ3n) is 3.92. The van der Waals surface area contributed by atoms with Crippen LogP contribution in [0.5, 0.6) is 0 Å². The third-order valence-corrected chi connectivity index (χ3v) is 3.92. The highest BCUT2D eigenvalue weighted by Crippen LogP contribution is 2.17. The molecule has 0 bridgehead atoms. The topological polar surface area (TPSA) is 84.9 Å². The molecule has 7 heteroatoms. The molecule has 1 aromatic carbocycles. The van der Waals surface area contributed by atoms with E-state index in [-0.39, 0.29) is 36.6 Å². The van der Waals surface area contributed by atoms with Gasteiger partial charge >= 0.3 is 5.97 Å². The van der Waals surface area contributed by atoms with Gasteiger partial charge in [0.2, 0.25) is 11.8 Å². The lowest BCUT2D eigenvalue weighted by molar-refractivity contribution is -0.134. The van der Waals surface area contributed by atoms with Gasteiger partial charge < -0.3 is 19.7 Å². The molecule has 2 amide bonds. The lowest BCUT2D eigenvalue weighted by Gasteiger charge is -2.23. The van der Waals surface area contributed by atoms with E-state index in [4.69, 9.17) is 9.47 Å². The van der Waals surface area contributed by atoms with Crippen LogP contribution in [0.2, 0.25) is 0 Å². The molecule has 1 N–H and O–H groups in total. The van der Waals surface area contributed by atoms with E-state index in [1.807, 2.05) is 0 Å². The van der Waals surface area contributed by atoms with Crippen molar-refractivity contribution >= 4 is 23.5 Å². The van der Waals surface area contributed by atoms with Crippen molar-refractivity contribution in [3.8, 4) is 0 Å². The Morgan fingerprint density at radius 2 is 2.08 bits per heavy atom. The van der Waals surface area contributed by atoms with Gasteiger partial charge in [0.15, 0.2) is 0 Å². The summed E-state index contributed by atoms with van der Waals surface area (Å²) in [4.78, 5) is 37.5. The zero-order chi connectivity index (χ0) is 18.2. The molecule has 7 nitrogen and oxygen atoms in total. The number of carbonyl (C=O) groups is 3. The maximum atomic E-state index is 12.3. The van der Waals surface area contributed by atoms with Crippen molar-refractivity contribution in [3.05, 3.63) is 29.8 Å². The first-order valence-corrected chi connectivity index (χ1v) is 8.44. The average Bonchev–Trinajstić information content (AvgIpc) is 3.08. The summed E-state index contributed by atoms with van der Waals surface area (Å²) in [5, 5.41) is 2.69. The molecule has 1 unspecified atom stereocenters. The Morgan fingerprint density at radius 3 is 2.72 bits per heavy atom. The van der Waals surface area contributed by atoms with Crippen molar-refractivity contribution in [2.24, 2.45) is 0 Å². The average molecular weight is 348 g/mol.